The van der Waals surface area contributed by atoms with E-state index in [1.807, 2.05) is 0 Å². The number of anilines is 2. The lowest BCUT2D eigenvalue weighted by Gasteiger charge is -2.49. The number of ether oxygens (including phenoxy) is 1. The van der Waals surface area contributed by atoms with Crippen molar-refractivity contribution in [3.63, 3.8) is 0 Å². The summed E-state index contributed by atoms with van der Waals surface area (Å²) < 4.78 is 5.01. The summed E-state index contributed by atoms with van der Waals surface area (Å²) in [6, 6.07) is 2.66. The molecule has 2 aliphatic rings. The Morgan fingerprint density at radius 2 is 2.08 bits per heavy atom. The summed E-state index contributed by atoms with van der Waals surface area (Å²) >= 11 is 2.33. The molecule has 3 heterocycles. The molecule has 1 aromatic carbocycles. The first-order valence-corrected chi connectivity index (χ1v) is 13.2. The van der Waals surface area contributed by atoms with Gasteiger partial charge in [0.15, 0.2) is 22.3 Å². The standard InChI is InChI=1S/C23H22N6O9S2/c1-37-28-15(12-9-40-22(24)26-12)18(32)27-16-19(33)29-17(21(34)35)10(8-39-20(16)29)3-2-6-38-23(36)25-11-4-5-13(30)14(31)7-11/h2-5,7,9,16,20,30-31H,6,8H2,1H3,(H2,24,26)(H,25,36)(H,27,32)(H,34,35)/b3-2+,28-15-. The van der Waals surface area contributed by atoms with Crippen molar-refractivity contribution in [3.05, 3.63) is 52.7 Å². The maximum Gasteiger partial charge on any atom is 0.411 e. The topological polar surface area (TPSA) is 226 Å². The highest BCUT2D eigenvalue weighted by Crippen LogP contribution is 2.40. The van der Waals surface area contributed by atoms with Gasteiger partial charge < -0.3 is 35.9 Å². The molecule has 1 saturated heterocycles. The zero-order chi connectivity index (χ0) is 29.0. The molecule has 3 amide bonds. The Balaban J connectivity index is 1.38. The minimum atomic E-state index is -1.34. The summed E-state index contributed by atoms with van der Waals surface area (Å²) in [5.74, 6) is -3.29. The average Bonchev–Trinajstić information content (AvgIpc) is 3.35. The molecular formula is C23H22N6O9S2. The summed E-state index contributed by atoms with van der Waals surface area (Å²) in [4.78, 5) is 59.5. The third-order valence-electron chi connectivity index (χ3n) is 5.50. The minimum absolute atomic E-state index is 0.164. The number of nitrogens with zero attached hydrogens (tertiary/aromatic N) is 3. The predicted octanol–water partition coefficient (Wildman–Crippen LogP) is 1.03. The Morgan fingerprint density at radius 1 is 1.30 bits per heavy atom. The molecule has 0 aliphatic carbocycles. The lowest BCUT2D eigenvalue weighted by molar-refractivity contribution is -0.150. The number of benzene rings is 1. The fourth-order valence-corrected chi connectivity index (χ4v) is 5.61. The van der Waals surface area contributed by atoms with Crippen molar-refractivity contribution in [3.8, 4) is 11.5 Å². The second-order valence-electron chi connectivity index (χ2n) is 8.06. The first-order chi connectivity index (χ1) is 19.1. The highest BCUT2D eigenvalue weighted by molar-refractivity contribution is 8.00. The number of oxime groups is 1. The van der Waals surface area contributed by atoms with Gasteiger partial charge >= 0.3 is 12.1 Å². The van der Waals surface area contributed by atoms with E-state index in [4.69, 9.17) is 15.3 Å². The molecular weight excluding hydrogens is 568 g/mol. The van der Waals surface area contributed by atoms with E-state index in [0.717, 1.165) is 22.3 Å². The van der Waals surface area contributed by atoms with Gasteiger partial charge in [-0.15, -0.1) is 23.1 Å². The molecule has 1 fully saturated rings. The Morgan fingerprint density at radius 3 is 2.73 bits per heavy atom. The lowest BCUT2D eigenvalue weighted by atomic mass is 10.0. The van der Waals surface area contributed by atoms with Crippen LogP contribution in [0.4, 0.5) is 15.6 Å². The van der Waals surface area contributed by atoms with E-state index in [9.17, 15) is 34.5 Å². The molecule has 0 radical (unpaired) electrons. The number of nitrogens with one attached hydrogen (secondary N) is 2. The molecule has 15 nitrogen and oxygen atoms in total. The number of aromatic hydroxyl groups is 2. The van der Waals surface area contributed by atoms with Crippen molar-refractivity contribution in [2.24, 2.45) is 5.16 Å². The van der Waals surface area contributed by atoms with Gasteiger partial charge in [-0.2, -0.15) is 0 Å². The molecule has 17 heteroatoms. The van der Waals surface area contributed by atoms with Crippen LogP contribution < -0.4 is 16.4 Å². The quantitative estimate of drug-likeness (QED) is 0.0791. The third kappa shape index (κ3) is 5.94. The predicted molar refractivity (Wildman–Crippen MR) is 144 cm³/mol. The fraction of sp³-hybridized carbons (Fsp3) is 0.217. The SMILES string of the molecule is CO/N=C(\C(=O)NC1C(=O)N2C(C(=O)O)=C(/C=C/COC(=O)Nc3ccc(O)c(O)c3)CSC12)c1csc(N)n1. The van der Waals surface area contributed by atoms with E-state index in [1.54, 1.807) is 0 Å². The number of aliphatic carboxylic acids is 1. The number of allylic oxidation sites excluding steroid dienone is 1. The first-order valence-electron chi connectivity index (χ1n) is 11.3. The summed E-state index contributed by atoms with van der Waals surface area (Å²) in [5.41, 5.74) is 5.83. The second-order valence-corrected chi connectivity index (χ2v) is 10.1. The number of fused-ring (bicyclic) bond motifs is 1. The molecule has 0 bridgehead atoms. The van der Waals surface area contributed by atoms with Crippen molar-refractivity contribution in [2.75, 3.05) is 30.5 Å². The van der Waals surface area contributed by atoms with Gasteiger partial charge in [-0.1, -0.05) is 11.2 Å². The van der Waals surface area contributed by atoms with Gasteiger partial charge in [0.2, 0.25) is 0 Å². The van der Waals surface area contributed by atoms with Crippen LogP contribution in [-0.2, 0) is 24.0 Å². The number of thioether (sulfide) groups is 1. The van der Waals surface area contributed by atoms with Crippen LogP contribution in [0.2, 0.25) is 0 Å². The minimum Gasteiger partial charge on any atom is -0.504 e. The van der Waals surface area contributed by atoms with Gasteiger partial charge in [0, 0.05) is 22.9 Å². The van der Waals surface area contributed by atoms with Crippen LogP contribution in [0.3, 0.4) is 0 Å². The molecule has 0 spiro atoms. The fourth-order valence-electron chi connectivity index (χ4n) is 3.74. The molecule has 2 unspecified atom stereocenters. The zero-order valence-electron chi connectivity index (χ0n) is 20.6. The Bertz CT molecular complexity index is 1450. The number of thiazole rings is 1. The van der Waals surface area contributed by atoms with E-state index >= 15 is 0 Å². The molecule has 1 aromatic heterocycles. The van der Waals surface area contributed by atoms with Gasteiger partial charge in [0.05, 0.1) is 0 Å². The molecule has 2 atom stereocenters. The first kappa shape index (κ1) is 28.2. The van der Waals surface area contributed by atoms with Crippen LogP contribution in [0.1, 0.15) is 5.69 Å². The second kappa shape index (κ2) is 12.0. The number of carboxylic acid groups (broad SMARTS) is 1. The number of phenolic OH excluding ortho intramolecular Hbond substituents is 2. The van der Waals surface area contributed by atoms with Crippen molar-refractivity contribution in [1.82, 2.24) is 15.2 Å². The maximum absolute atomic E-state index is 12.9. The number of aromatic nitrogens is 1. The van der Waals surface area contributed by atoms with Gasteiger partial charge in [-0.3, -0.25) is 19.8 Å². The third-order valence-corrected chi connectivity index (χ3v) is 7.48. The Labute approximate surface area is 233 Å². The van der Waals surface area contributed by atoms with Crippen LogP contribution in [0.5, 0.6) is 11.5 Å². The van der Waals surface area contributed by atoms with Crippen LogP contribution in [0, 0.1) is 0 Å². The van der Waals surface area contributed by atoms with Crippen LogP contribution >= 0.6 is 23.1 Å². The van der Waals surface area contributed by atoms with Gasteiger partial charge in [-0.05, 0) is 23.8 Å². The maximum atomic E-state index is 12.9. The van der Waals surface area contributed by atoms with E-state index in [-0.39, 0.29) is 46.0 Å². The number of nitrogen functional groups attached to an aromatic ring is 1. The van der Waals surface area contributed by atoms with E-state index < -0.39 is 41.0 Å². The molecule has 2 aromatic rings. The van der Waals surface area contributed by atoms with Gasteiger partial charge in [0.1, 0.15) is 36.5 Å². The number of hydrogen-bond donors (Lipinski definition) is 6. The lowest BCUT2D eigenvalue weighted by Crippen LogP contribution is -2.71. The molecule has 7 N–H and O–H groups in total. The Kier molecular flexibility index (Phi) is 8.44. The van der Waals surface area contributed by atoms with Crippen LogP contribution in [0.25, 0.3) is 0 Å². The summed E-state index contributed by atoms with van der Waals surface area (Å²) in [5, 5.41) is 38.2. The number of rotatable bonds is 9. The smallest absolute Gasteiger partial charge is 0.411 e. The van der Waals surface area contributed by atoms with E-state index in [0.29, 0.717) is 5.57 Å². The number of phenols is 2. The van der Waals surface area contributed by atoms with Crippen LogP contribution in [0.15, 0.2) is 52.2 Å². The van der Waals surface area contributed by atoms with Crippen LogP contribution in [-0.4, -0.2) is 85.7 Å². The number of carboxylic acids is 1. The average molecular weight is 591 g/mol. The number of β-lactam (4-membered cyclic amide) rings is 1. The number of amides is 3. The van der Waals surface area contributed by atoms with Crippen molar-refractivity contribution >= 4 is 63.5 Å². The highest BCUT2D eigenvalue weighted by atomic mass is 32.2. The van der Waals surface area contributed by atoms with E-state index in [1.165, 1.54) is 48.5 Å². The number of nitrogens with two attached hydrogens (primary N) is 1. The summed E-state index contributed by atoms with van der Waals surface area (Å²) in [6.45, 7) is -0.226. The molecule has 4 rings (SSSR count). The number of carbonyl (C=O) groups excluding carboxylic acids is 3. The normalized spacial score (nSPS) is 18.7. The van der Waals surface area contributed by atoms with Crippen molar-refractivity contribution in [1.29, 1.82) is 0 Å². The molecule has 210 valence electrons. The van der Waals surface area contributed by atoms with Crippen molar-refractivity contribution in [2.45, 2.75) is 11.4 Å². The number of carbonyl (C=O) groups is 4. The highest BCUT2D eigenvalue weighted by Gasteiger charge is 2.54. The van der Waals surface area contributed by atoms with E-state index in [2.05, 4.69) is 20.8 Å². The molecule has 40 heavy (non-hydrogen) atoms. The monoisotopic (exact) mass is 590 g/mol. The van der Waals surface area contributed by atoms with Gasteiger partial charge in [0.25, 0.3) is 11.8 Å². The Hall–Kier alpha value is -4.77. The molecule has 0 saturated carbocycles. The van der Waals surface area contributed by atoms with Gasteiger partial charge in [-0.25, -0.2) is 14.6 Å². The summed E-state index contributed by atoms with van der Waals surface area (Å²) in [6.07, 6.45) is 1.99. The summed E-state index contributed by atoms with van der Waals surface area (Å²) in [7, 11) is 1.24. The largest absolute Gasteiger partial charge is 0.504 e. The number of hydrogen-bond acceptors (Lipinski definition) is 13. The molecule has 2 aliphatic heterocycles. The zero-order valence-corrected chi connectivity index (χ0v) is 22.2. The van der Waals surface area contributed by atoms with Crippen molar-refractivity contribution < 1.29 is 44.1 Å².